The Morgan fingerprint density at radius 2 is 2.00 bits per heavy atom. The summed E-state index contributed by atoms with van der Waals surface area (Å²) >= 11 is 0. The van der Waals surface area contributed by atoms with E-state index in [1.165, 1.54) is 0 Å². The third kappa shape index (κ3) is 5.43. The first-order valence-electron chi connectivity index (χ1n) is 9.79. The van der Waals surface area contributed by atoms with Crippen molar-refractivity contribution in [3.63, 3.8) is 0 Å². The molecule has 3 rings (SSSR count). The first-order chi connectivity index (χ1) is 13.2. The van der Waals surface area contributed by atoms with E-state index in [-0.39, 0.29) is 18.4 Å². The largest absolute Gasteiger partial charge is 0.465 e. The fraction of sp³-hybridized carbons (Fsp3) is 0.600. The zero-order valence-corrected chi connectivity index (χ0v) is 16.0. The SMILES string of the molecule is CCOC(=O)CNc1ccccc1C(=O)N1CCN(C[C@H]2CCCO2)CC1. The van der Waals surface area contributed by atoms with Crippen LogP contribution in [0.3, 0.4) is 0 Å². The van der Waals surface area contributed by atoms with Gasteiger partial charge in [0.2, 0.25) is 0 Å². The quantitative estimate of drug-likeness (QED) is 0.730. The summed E-state index contributed by atoms with van der Waals surface area (Å²) < 4.78 is 10.6. The second kappa shape index (κ2) is 9.71. The van der Waals surface area contributed by atoms with Gasteiger partial charge in [-0.25, -0.2) is 0 Å². The molecule has 2 aliphatic rings. The predicted octanol–water partition coefficient (Wildman–Crippen LogP) is 1.60. The van der Waals surface area contributed by atoms with E-state index in [0.29, 0.717) is 37.1 Å². The van der Waals surface area contributed by atoms with Crippen molar-refractivity contribution < 1.29 is 19.1 Å². The van der Waals surface area contributed by atoms with E-state index in [1.54, 1.807) is 13.0 Å². The smallest absolute Gasteiger partial charge is 0.325 e. The average molecular weight is 375 g/mol. The highest BCUT2D eigenvalue weighted by Gasteiger charge is 2.26. The van der Waals surface area contributed by atoms with Gasteiger partial charge in [0.05, 0.1) is 18.3 Å². The molecule has 0 radical (unpaired) electrons. The Hall–Kier alpha value is -2.12. The molecule has 0 spiro atoms. The van der Waals surface area contributed by atoms with Gasteiger partial charge < -0.3 is 19.7 Å². The van der Waals surface area contributed by atoms with Crippen LogP contribution in [0.2, 0.25) is 0 Å². The van der Waals surface area contributed by atoms with Gasteiger partial charge in [0.25, 0.3) is 5.91 Å². The molecule has 0 unspecified atom stereocenters. The summed E-state index contributed by atoms with van der Waals surface area (Å²) in [5.74, 6) is -0.332. The Bertz CT molecular complexity index is 638. The van der Waals surface area contributed by atoms with Gasteiger partial charge >= 0.3 is 5.97 Å². The van der Waals surface area contributed by atoms with E-state index in [1.807, 2.05) is 23.1 Å². The van der Waals surface area contributed by atoms with Crippen molar-refractivity contribution in [1.82, 2.24) is 9.80 Å². The van der Waals surface area contributed by atoms with Gasteiger partial charge in [-0.15, -0.1) is 0 Å². The number of hydrogen-bond acceptors (Lipinski definition) is 6. The normalized spacial score (nSPS) is 20.5. The lowest BCUT2D eigenvalue weighted by molar-refractivity contribution is -0.140. The second-order valence-corrected chi connectivity index (χ2v) is 6.93. The Morgan fingerprint density at radius 3 is 2.70 bits per heavy atom. The molecule has 1 aromatic carbocycles. The summed E-state index contributed by atoms with van der Waals surface area (Å²) in [6.45, 7) is 7.14. The fourth-order valence-corrected chi connectivity index (χ4v) is 3.58. The molecule has 0 bridgehead atoms. The van der Waals surface area contributed by atoms with Gasteiger partial charge in [-0.05, 0) is 31.9 Å². The Kier molecular flexibility index (Phi) is 7.06. The van der Waals surface area contributed by atoms with Crippen LogP contribution in [0.25, 0.3) is 0 Å². The molecule has 1 atom stereocenters. The van der Waals surface area contributed by atoms with E-state index >= 15 is 0 Å². The van der Waals surface area contributed by atoms with Crippen molar-refractivity contribution in [3.05, 3.63) is 29.8 Å². The third-order valence-electron chi connectivity index (χ3n) is 5.03. The van der Waals surface area contributed by atoms with Crippen LogP contribution in [0, 0.1) is 0 Å². The molecule has 7 nitrogen and oxygen atoms in total. The molecule has 0 aromatic heterocycles. The number of ether oxygens (including phenoxy) is 2. The number of carbonyl (C=O) groups excluding carboxylic acids is 2. The van der Waals surface area contributed by atoms with E-state index < -0.39 is 0 Å². The highest BCUT2D eigenvalue weighted by atomic mass is 16.5. The fourth-order valence-electron chi connectivity index (χ4n) is 3.58. The number of anilines is 1. The molecule has 1 amide bonds. The minimum absolute atomic E-state index is 0.00118. The lowest BCUT2D eigenvalue weighted by Gasteiger charge is -2.36. The van der Waals surface area contributed by atoms with Gasteiger partial charge in [0.1, 0.15) is 6.54 Å². The molecule has 2 aliphatic heterocycles. The molecule has 2 fully saturated rings. The van der Waals surface area contributed by atoms with Crippen LogP contribution in [0.1, 0.15) is 30.1 Å². The van der Waals surface area contributed by atoms with Crippen molar-refractivity contribution in [2.75, 3.05) is 57.8 Å². The molecule has 0 aliphatic carbocycles. The first-order valence-corrected chi connectivity index (χ1v) is 9.79. The highest BCUT2D eigenvalue weighted by Crippen LogP contribution is 2.19. The zero-order chi connectivity index (χ0) is 19.1. The standard InChI is InChI=1S/C20H29N3O4/c1-2-26-19(24)14-21-18-8-4-3-7-17(18)20(25)23-11-9-22(10-12-23)15-16-6-5-13-27-16/h3-4,7-8,16,21H,2,5-6,9-15H2,1H3/t16-/m1/s1. The summed E-state index contributed by atoms with van der Waals surface area (Å²) in [5.41, 5.74) is 1.26. The van der Waals surface area contributed by atoms with Gasteiger partial charge in [-0.3, -0.25) is 14.5 Å². The average Bonchev–Trinajstić information content (AvgIpc) is 3.20. The Morgan fingerprint density at radius 1 is 1.22 bits per heavy atom. The first kappa shape index (κ1) is 19.6. The molecule has 2 heterocycles. The van der Waals surface area contributed by atoms with Crippen LogP contribution in [-0.2, 0) is 14.3 Å². The highest BCUT2D eigenvalue weighted by molar-refractivity contribution is 6.00. The molecule has 1 N–H and O–H groups in total. The van der Waals surface area contributed by atoms with Gasteiger partial charge in [0.15, 0.2) is 0 Å². The number of rotatable bonds is 7. The molecule has 7 heteroatoms. The molecule has 27 heavy (non-hydrogen) atoms. The topological polar surface area (TPSA) is 71.1 Å². The number of nitrogens with zero attached hydrogens (tertiary/aromatic N) is 2. The number of piperazine rings is 1. The van der Waals surface area contributed by atoms with E-state index in [4.69, 9.17) is 9.47 Å². The van der Waals surface area contributed by atoms with Gasteiger partial charge in [-0.1, -0.05) is 12.1 Å². The maximum atomic E-state index is 13.0. The van der Waals surface area contributed by atoms with Gasteiger partial charge in [0, 0.05) is 45.0 Å². The number of nitrogens with one attached hydrogen (secondary N) is 1. The number of esters is 1. The van der Waals surface area contributed by atoms with Gasteiger partial charge in [-0.2, -0.15) is 0 Å². The molecule has 148 valence electrons. The number of hydrogen-bond donors (Lipinski definition) is 1. The van der Waals surface area contributed by atoms with Crippen LogP contribution >= 0.6 is 0 Å². The maximum Gasteiger partial charge on any atom is 0.325 e. The van der Waals surface area contributed by atoms with Crippen LogP contribution in [0.4, 0.5) is 5.69 Å². The molecular weight excluding hydrogens is 346 g/mol. The second-order valence-electron chi connectivity index (χ2n) is 6.93. The third-order valence-corrected chi connectivity index (χ3v) is 5.03. The summed E-state index contributed by atoms with van der Waals surface area (Å²) in [6.07, 6.45) is 2.64. The van der Waals surface area contributed by atoms with Crippen molar-refractivity contribution in [2.45, 2.75) is 25.9 Å². The molecule has 0 saturated carbocycles. The molecular formula is C20H29N3O4. The van der Waals surface area contributed by atoms with Crippen LogP contribution in [0.15, 0.2) is 24.3 Å². The Labute approximate surface area is 160 Å². The van der Waals surface area contributed by atoms with Crippen molar-refractivity contribution in [2.24, 2.45) is 0 Å². The molecule has 1 aromatic rings. The molecule has 2 saturated heterocycles. The lowest BCUT2D eigenvalue weighted by Crippen LogP contribution is -2.50. The summed E-state index contributed by atoms with van der Waals surface area (Å²) in [7, 11) is 0. The van der Waals surface area contributed by atoms with Crippen LogP contribution in [0.5, 0.6) is 0 Å². The van der Waals surface area contributed by atoms with E-state index in [9.17, 15) is 9.59 Å². The minimum atomic E-state index is -0.331. The van der Waals surface area contributed by atoms with Crippen molar-refractivity contribution in [3.8, 4) is 0 Å². The number of para-hydroxylation sites is 1. The lowest BCUT2D eigenvalue weighted by atomic mass is 10.1. The van der Waals surface area contributed by atoms with Crippen LogP contribution in [-0.4, -0.2) is 80.3 Å². The van der Waals surface area contributed by atoms with Crippen LogP contribution < -0.4 is 5.32 Å². The monoisotopic (exact) mass is 375 g/mol. The number of benzene rings is 1. The number of amides is 1. The maximum absolute atomic E-state index is 13.0. The zero-order valence-electron chi connectivity index (χ0n) is 16.0. The Balaban J connectivity index is 1.54. The predicted molar refractivity (Wildman–Crippen MR) is 103 cm³/mol. The summed E-state index contributed by atoms with van der Waals surface area (Å²) in [6, 6.07) is 7.31. The number of carbonyl (C=O) groups is 2. The van der Waals surface area contributed by atoms with Crippen molar-refractivity contribution >= 4 is 17.6 Å². The van der Waals surface area contributed by atoms with E-state index in [0.717, 1.165) is 39.1 Å². The minimum Gasteiger partial charge on any atom is -0.465 e. The summed E-state index contributed by atoms with van der Waals surface area (Å²) in [4.78, 5) is 28.8. The van der Waals surface area contributed by atoms with Crippen molar-refractivity contribution in [1.29, 1.82) is 0 Å². The summed E-state index contributed by atoms with van der Waals surface area (Å²) in [5, 5.41) is 3.03. The van der Waals surface area contributed by atoms with E-state index in [2.05, 4.69) is 10.2 Å².